The Bertz CT molecular complexity index is 1500. The van der Waals surface area contributed by atoms with E-state index >= 15 is 0 Å². The number of nitrogens with zero attached hydrogens (tertiary/aromatic N) is 6. The molecule has 0 aliphatic carbocycles. The number of aromatic amines is 2. The van der Waals surface area contributed by atoms with Crippen LogP contribution < -0.4 is 4.90 Å². The van der Waals surface area contributed by atoms with Crippen molar-refractivity contribution in [3.05, 3.63) is 53.6 Å². The normalized spacial score (nSPS) is 17.8. The number of nitrogens with one attached hydrogen (secondary N) is 2. The third-order valence-electron chi connectivity index (χ3n) is 7.59. The van der Waals surface area contributed by atoms with Gasteiger partial charge in [-0.05, 0) is 50.4 Å². The van der Waals surface area contributed by atoms with E-state index in [0.717, 1.165) is 91.9 Å². The lowest BCUT2D eigenvalue weighted by atomic mass is 9.92. The number of hydrogen-bond donors (Lipinski definition) is 2. The second kappa shape index (κ2) is 9.85. The summed E-state index contributed by atoms with van der Waals surface area (Å²) in [5, 5.41) is 8.35. The van der Waals surface area contributed by atoms with Crippen molar-refractivity contribution in [2.75, 3.05) is 44.3 Å². The first-order chi connectivity index (χ1) is 18.3. The SMILES string of the molecule is c1cc(-c2nc(N3CCOCC3)c3sc(CN4CCC(Cc5cnc[nH]5)CC4)cc3n2)c2cn[nH]c2c1. The highest BCUT2D eigenvalue weighted by Crippen LogP contribution is 2.36. The molecule has 10 heteroatoms. The van der Waals surface area contributed by atoms with Crippen molar-refractivity contribution in [3.8, 4) is 11.4 Å². The minimum atomic E-state index is 0.726. The van der Waals surface area contributed by atoms with Gasteiger partial charge in [-0.25, -0.2) is 15.0 Å². The van der Waals surface area contributed by atoms with Crippen LogP contribution in [0.25, 0.3) is 32.5 Å². The maximum absolute atomic E-state index is 5.64. The van der Waals surface area contributed by atoms with Crippen molar-refractivity contribution in [1.29, 1.82) is 0 Å². The molecular weight excluding hydrogens is 484 g/mol. The third kappa shape index (κ3) is 4.60. The van der Waals surface area contributed by atoms with Crippen LogP contribution in [0.2, 0.25) is 0 Å². The first-order valence-corrected chi connectivity index (χ1v) is 13.9. The van der Waals surface area contributed by atoms with Gasteiger partial charge in [0.15, 0.2) is 11.6 Å². The highest BCUT2D eigenvalue weighted by molar-refractivity contribution is 7.19. The minimum Gasteiger partial charge on any atom is -0.378 e. The Morgan fingerprint density at radius 2 is 1.95 bits per heavy atom. The van der Waals surface area contributed by atoms with Crippen molar-refractivity contribution < 1.29 is 4.74 Å². The highest BCUT2D eigenvalue weighted by Gasteiger charge is 2.23. The number of morpholine rings is 1. The lowest BCUT2D eigenvalue weighted by molar-refractivity contribution is 0.122. The van der Waals surface area contributed by atoms with Gasteiger partial charge in [0.25, 0.3) is 0 Å². The number of hydrogen-bond acceptors (Lipinski definition) is 8. The number of rotatable bonds is 6. The van der Waals surface area contributed by atoms with E-state index in [-0.39, 0.29) is 0 Å². The monoisotopic (exact) mass is 514 g/mol. The van der Waals surface area contributed by atoms with Crippen LogP contribution in [-0.2, 0) is 17.7 Å². The number of H-pyrrole nitrogens is 2. The lowest BCUT2D eigenvalue weighted by Crippen LogP contribution is -2.36. The Morgan fingerprint density at radius 1 is 1.05 bits per heavy atom. The van der Waals surface area contributed by atoms with E-state index in [0.29, 0.717) is 0 Å². The fraction of sp³-hybridized carbons (Fsp3) is 0.407. The zero-order chi connectivity index (χ0) is 24.6. The molecule has 0 atom stereocenters. The standard InChI is InChI=1S/C27H30N8OS/c1-2-21(22-15-30-33-23(22)3-1)26-31-24-13-20(37-25(24)27(32-26)35-8-10-36-11-9-35)16-34-6-4-18(5-7-34)12-19-14-28-17-29-19/h1-3,13-15,17-18H,4-12,16H2,(H,28,29)(H,30,33). The number of likely N-dealkylation sites (tertiary alicyclic amines) is 1. The Labute approximate surface area is 218 Å². The van der Waals surface area contributed by atoms with E-state index in [1.165, 1.54) is 28.1 Å². The van der Waals surface area contributed by atoms with Gasteiger partial charge in [0.2, 0.25) is 0 Å². The molecule has 7 rings (SSSR count). The average Bonchev–Trinajstić information content (AvgIpc) is 3.70. The first-order valence-electron chi connectivity index (χ1n) is 13.1. The molecule has 6 heterocycles. The van der Waals surface area contributed by atoms with Crippen LogP contribution in [0.3, 0.4) is 0 Å². The van der Waals surface area contributed by atoms with Gasteiger partial charge in [0, 0.05) is 47.4 Å². The molecule has 0 unspecified atom stereocenters. The van der Waals surface area contributed by atoms with Crippen LogP contribution in [-0.4, -0.2) is 74.4 Å². The Balaban J connectivity index is 1.17. The Kier molecular flexibility index (Phi) is 6.07. The summed E-state index contributed by atoms with van der Waals surface area (Å²) >= 11 is 1.84. The van der Waals surface area contributed by atoms with Crippen molar-refractivity contribution >= 4 is 38.3 Å². The molecule has 37 heavy (non-hydrogen) atoms. The van der Waals surface area contributed by atoms with Gasteiger partial charge in [-0.1, -0.05) is 12.1 Å². The number of piperidine rings is 1. The molecule has 2 fully saturated rings. The number of fused-ring (bicyclic) bond motifs is 2. The molecule has 190 valence electrons. The molecule has 0 saturated carbocycles. The molecule has 0 amide bonds. The summed E-state index contributed by atoms with van der Waals surface area (Å²) in [6.07, 6.45) is 9.14. The minimum absolute atomic E-state index is 0.726. The molecule has 4 aromatic heterocycles. The van der Waals surface area contributed by atoms with E-state index in [1.54, 1.807) is 6.33 Å². The molecular formula is C27H30N8OS. The molecule has 2 aliphatic rings. The fourth-order valence-corrected chi connectivity index (χ4v) is 6.75. The molecule has 1 aromatic carbocycles. The van der Waals surface area contributed by atoms with Crippen LogP contribution in [0, 0.1) is 5.92 Å². The van der Waals surface area contributed by atoms with Gasteiger partial charge in [0.1, 0.15) is 0 Å². The molecule has 5 aromatic rings. The number of ether oxygens (including phenoxy) is 1. The van der Waals surface area contributed by atoms with Crippen LogP contribution in [0.1, 0.15) is 23.4 Å². The van der Waals surface area contributed by atoms with Gasteiger partial charge in [-0.3, -0.25) is 10.00 Å². The summed E-state index contributed by atoms with van der Waals surface area (Å²) in [6.45, 7) is 6.36. The molecule has 2 aliphatic heterocycles. The average molecular weight is 515 g/mol. The topological polar surface area (TPSA) is 98.8 Å². The second-order valence-corrected chi connectivity index (χ2v) is 11.2. The van der Waals surface area contributed by atoms with Crippen LogP contribution in [0.5, 0.6) is 0 Å². The first kappa shape index (κ1) is 22.8. The largest absolute Gasteiger partial charge is 0.378 e. The number of thiophene rings is 1. The number of benzene rings is 1. The number of aromatic nitrogens is 6. The second-order valence-electron chi connectivity index (χ2n) is 10.0. The van der Waals surface area contributed by atoms with Gasteiger partial charge >= 0.3 is 0 Å². The summed E-state index contributed by atoms with van der Waals surface area (Å²) in [5.41, 5.74) is 4.28. The quantitative estimate of drug-likeness (QED) is 0.350. The fourth-order valence-electron chi connectivity index (χ4n) is 5.59. The Hall–Kier alpha value is -3.34. The van der Waals surface area contributed by atoms with E-state index in [1.807, 2.05) is 35.9 Å². The third-order valence-corrected chi connectivity index (χ3v) is 8.70. The summed E-state index contributed by atoms with van der Waals surface area (Å²) in [7, 11) is 0. The smallest absolute Gasteiger partial charge is 0.162 e. The maximum atomic E-state index is 5.64. The predicted octanol–water partition coefficient (Wildman–Crippen LogP) is 4.25. The van der Waals surface area contributed by atoms with E-state index < -0.39 is 0 Å². The molecule has 2 saturated heterocycles. The van der Waals surface area contributed by atoms with Gasteiger partial charge in [-0.15, -0.1) is 11.3 Å². The van der Waals surface area contributed by atoms with Crippen molar-refractivity contribution in [2.45, 2.75) is 25.8 Å². The molecule has 2 N–H and O–H groups in total. The molecule has 0 bridgehead atoms. The van der Waals surface area contributed by atoms with Crippen molar-refractivity contribution in [2.24, 2.45) is 5.92 Å². The van der Waals surface area contributed by atoms with Crippen molar-refractivity contribution in [1.82, 2.24) is 35.0 Å². The maximum Gasteiger partial charge on any atom is 0.162 e. The van der Waals surface area contributed by atoms with Gasteiger partial charge < -0.3 is 14.6 Å². The van der Waals surface area contributed by atoms with Crippen LogP contribution in [0.4, 0.5) is 5.82 Å². The summed E-state index contributed by atoms with van der Waals surface area (Å²) in [4.78, 5) is 23.9. The van der Waals surface area contributed by atoms with Gasteiger partial charge in [-0.2, -0.15) is 5.10 Å². The van der Waals surface area contributed by atoms with Gasteiger partial charge in [0.05, 0.1) is 41.5 Å². The van der Waals surface area contributed by atoms with Crippen LogP contribution in [0.15, 0.2) is 43.0 Å². The molecule has 0 radical (unpaired) electrons. The lowest BCUT2D eigenvalue weighted by Gasteiger charge is -2.31. The van der Waals surface area contributed by atoms with E-state index in [2.05, 4.69) is 42.1 Å². The van der Waals surface area contributed by atoms with Crippen LogP contribution >= 0.6 is 11.3 Å². The molecule has 9 nitrogen and oxygen atoms in total. The summed E-state index contributed by atoms with van der Waals surface area (Å²) < 4.78 is 6.81. The predicted molar refractivity (Wildman–Crippen MR) is 146 cm³/mol. The van der Waals surface area contributed by atoms with Crippen molar-refractivity contribution in [3.63, 3.8) is 0 Å². The highest BCUT2D eigenvalue weighted by atomic mass is 32.1. The summed E-state index contributed by atoms with van der Waals surface area (Å²) in [6, 6.07) is 8.44. The number of anilines is 1. The number of imidazole rings is 1. The van der Waals surface area contributed by atoms with E-state index in [9.17, 15) is 0 Å². The molecule has 0 spiro atoms. The zero-order valence-electron chi connectivity index (χ0n) is 20.7. The summed E-state index contributed by atoms with van der Waals surface area (Å²) in [5.74, 6) is 2.51. The Morgan fingerprint density at radius 3 is 2.78 bits per heavy atom. The zero-order valence-corrected chi connectivity index (χ0v) is 21.5. The van der Waals surface area contributed by atoms with E-state index in [4.69, 9.17) is 14.7 Å².